The molecule has 0 bridgehead atoms. The van der Waals surface area contributed by atoms with Crippen LogP contribution in [0.3, 0.4) is 0 Å². The molecule has 7 nitrogen and oxygen atoms in total. The van der Waals surface area contributed by atoms with Crippen molar-refractivity contribution in [3.8, 4) is 0 Å². The molecule has 0 unspecified atom stereocenters. The lowest BCUT2D eigenvalue weighted by atomic mass is 10.1. The van der Waals surface area contributed by atoms with Gasteiger partial charge in [-0.2, -0.15) is 4.37 Å². The minimum absolute atomic E-state index is 0.107. The van der Waals surface area contributed by atoms with Gasteiger partial charge in [-0.15, -0.1) is 0 Å². The summed E-state index contributed by atoms with van der Waals surface area (Å²) in [5.74, 6) is 0.267. The van der Waals surface area contributed by atoms with Gasteiger partial charge in [0.05, 0.1) is 12.5 Å². The fourth-order valence-electron chi connectivity index (χ4n) is 2.89. The number of amides is 1. The summed E-state index contributed by atoms with van der Waals surface area (Å²) in [6.45, 7) is 1.36. The molecule has 0 radical (unpaired) electrons. The smallest absolute Gasteiger partial charge is 0.232 e. The van der Waals surface area contributed by atoms with Crippen LogP contribution in [0.4, 0.5) is 10.8 Å². The third-order valence-electron chi connectivity index (χ3n) is 4.38. The van der Waals surface area contributed by atoms with Gasteiger partial charge in [-0.3, -0.25) is 4.79 Å². The van der Waals surface area contributed by atoms with Gasteiger partial charge in [-0.05, 0) is 42.6 Å². The van der Waals surface area contributed by atoms with Gasteiger partial charge in [-0.1, -0.05) is 42.5 Å². The Morgan fingerprint density at radius 2 is 1.90 bits per heavy atom. The van der Waals surface area contributed by atoms with Crippen molar-refractivity contribution >= 4 is 28.3 Å². The Balaban J connectivity index is 1.34. The Bertz CT molecular complexity index is 899. The van der Waals surface area contributed by atoms with E-state index in [-0.39, 0.29) is 12.3 Å². The second-order valence-corrected chi connectivity index (χ2v) is 7.49. The molecule has 3 aromatic rings. The Morgan fingerprint density at radius 3 is 2.59 bits per heavy atom. The van der Waals surface area contributed by atoms with Crippen molar-refractivity contribution in [1.29, 1.82) is 0 Å². The average Bonchev–Trinajstić information content (AvgIpc) is 3.14. The number of nitrogens with two attached hydrogens (primary N) is 1. The first kappa shape index (κ1) is 20.9. The summed E-state index contributed by atoms with van der Waals surface area (Å²) in [6, 6.07) is 17.4. The van der Waals surface area contributed by atoms with Crippen molar-refractivity contribution in [2.45, 2.75) is 25.4 Å². The van der Waals surface area contributed by atoms with Gasteiger partial charge >= 0.3 is 0 Å². The van der Waals surface area contributed by atoms with Crippen LogP contribution in [0.1, 0.15) is 29.5 Å². The standard InChI is InChI=1S/C21H25N5O2S/c22-21-25-19(26-29-21)13-20(28)24-17-10-8-15(9-11-17)5-4-12-23-14-18(27)16-6-2-1-3-7-16/h1-3,6-11,18,23,27H,4-5,12-14H2,(H,24,28)(H2,22,25,26)/t18-/m0/s1. The number of nitrogens with zero attached hydrogens (tertiary/aromatic N) is 2. The van der Waals surface area contributed by atoms with E-state index < -0.39 is 6.10 Å². The Morgan fingerprint density at radius 1 is 1.14 bits per heavy atom. The lowest BCUT2D eigenvalue weighted by molar-refractivity contribution is -0.115. The van der Waals surface area contributed by atoms with E-state index >= 15 is 0 Å². The second-order valence-electron chi connectivity index (χ2n) is 6.70. The highest BCUT2D eigenvalue weighted by molar-refractivity contribution is 7.09. The van der Waals surface area contributed by atoms with Crippen LogP contribution in [0.25, 0.3) is 0 Å². The number of carbonyl (C=O) groups is 1. The topological polar surface area (TPSA) is 113 Å². The van der Waals surface area contributed by atoms with Crippen molar-refractivity contribution in [1.82, 2.24) is 14.7 Å². The molecule has 152 valence electrons. The number of hydrogen-bond acceptors (Lipinski definition) is 7. The van der Waals surface area contributed by atoms with Gasteiger partial charge in [0.25, 0.3) is 0 Å². The van der Waals surface area contributed by atoms with Crippen molar-refractivity contribution in [3.63, 3.8) is 0 Å². The quantitative estimate of drug-likeness (QED) is 0.381. The van der Waals surface area contributed by atoms with E-state index in [2.05, 4.69) is 20.0 Å². The number of hydrogen-bond donors (Lipinski definition) is 4. The molecule has 5 N–H and O–H groups in total. The van der Waals surface area contributed by atoms with Crippen LogP contribution in [-0.4, -0.2) is 33.5 Å². The maximum absolute atomic E-state index is 12.0. The normalized spacial score (nSPS) is 11.9. The molecule has 0 aliphatic rings. The predicted molar refractivity (Wildman–Crippen MR) is 116 cm³/mol. The lowest BCUT2D eigenvalue weighted by Crippen LogP contribution is -2.22. The molecular formula is C21H25N5O2S. The van der Waals surface area contributed by atoms with Crippen LogP contribution in [0.5, 0.6) is 0 Å². The highest BCUT2D eigenvalue weighted by atomic mass is 32.1. The summed E-state index contributed by atoms with van der Waals surface area (Å²) in [5, 5.41) is 16.6. The third-order valence-corrected chi connectivity index (χ3v) is 4.96. The van der Waals surface area contributed by atoms with Gasteiger partial charge < -0.3 is 21.5 Å². The summed E-state index contributed by atoms with van der Waals surface area (Å²) in [7, 11) is 0. The fraction of sp³-hybridized carbons (Fsp3) is 0.286. The van der Waals surface area contributed by atoms with Crippen LogP contribution in [0.15, 0.2) is 54.6 Å². The van der Waals surface area contributed by atoms with Gasteiger partial charge in [0.15, 0.2) is 11.0 Å². The molecule has 0 aliphatic heterocycles. The molecule has 3 rings (SSSR count). The van der Waals surface area contributed by atoms with Crippen molar-refractivity contribution in [3.05, 3.63) is 71.5 Å². The van der Waals surface area contributed by atoms with E-state index in [1.54, 1.807) is 0 Å². The first-order valence-corrected chi connectivity index (χ1v) is 10.3. The summed E-state index contributed by atoms with van der Waals surface area (Å²) < 4.78 is 4.01. The average molecular weight is 412 g/mol. The van der Waals surface area contributed by atoms with Crippen LogP contribution >= 0.6 is 11.5 Å². The number of benzene rings is 2. The van der Waals surface area contributed by atoms with Gasteiger partial charge in [-0.25, -0.2) is 4.98 Å². The first-order chi connectivity index (χ1) is 14.1. The number of aromatic nitrogens is 2. The molecule has 0 aliphatic carbocycles. The second kappa shape index (κ2) is 10.7. The number of aryl methyl sites for hydroxylation is 1. The van der Waals surface area contributed by atoms with Crippen LogP contribution in [0.2, 0.25) is 0 Å². The monoisotopic (exact) mass is 411 g/mol. The number of nitrogen functional groups attached to an aromatic ring is 1. The molecule has 1 heterocycles. The minimum atomic E-state index is -0.491. The van der Waals surface area contributed by atoms with E-state index in [0.29, 0.717) is 17.5 Å². The van der Waals surface area contributed by atoms with Crippen molar-refractivity contribution < 1.29 is 9.90 Å². The molecule has 1 aromatic heterocycles. The van der Waals surface area contributed by atoms with E-state index in [9.17, 15) is 9.90 Å². The number of nitrogens with one attached hydrogen (secondary N) is 2. The maximum atomic E-state index is 12.0. The molecule has 1 atom stereocenters. The van der Waals surface area contributed by atoms with Crippen LogP contribution in [0, 0.1) is 0 Å². The van der Waals surface area contributed by atoms with Crippen LogP contribution < -0.4 is 16.4 Å². The summed E-state index contributed by atoms with van der Waals surface area (Å²) in [4.78, 5) is 16.0. The Labute approximate surface area is 174 Å². The molecule has 8 heteroatoms. The highest BCUT2D eigenvalue weighted by Gasteiger charge is 2.09. The summed E-state index contributed by atoms with van der Waals surface area (Å²) in [6.07, 6.45) is 1.50. The summed E-state index contributed by atoms with van der Waals surface area (Å²) >= 11 is 1.08. The van der Waals surface area contributed by atoms with E-state index in [0.717, 1.165) is 42.2 Å². The molecule has 1 amide bonds. The molecule has 0 saturated carbocycles. The fourth-order valence-corrected chi connectivity index (χ4v) is 3.34. The van der Waals surface area contributed by atoms with E-state index in [1.165, 1.54) is 5.56 Å². The zero-order valence-electron chi connectivity index (χ0n) is 16.0. The number of carbonyl (C=O) groups excluding carboxylic acids is 1. The van der Waals surface area contributed by atoms with Gasteiger partial charge in [0, 0.05) is 23.8 Å². The highest BCUT2D eigenvalue weighted by Crippen LogP contribution is 2.13. The van der Waals surface area contributed by atoms with Crippen molar-refractivity contribution in [2.75, 3.05) is 24.1 Å². The first-order valence-electron chi connectivity index (χ1n) is 9.51. The molecule has 0 spiro atoms. The molecule has 0 saturated heterocycles. The number of aliphatic hydroxyl groups excluding tert-OH is 1. The minimum Gasteiger partial charge on any atom is -0.387 e. The largest absolute Gasteiger partial charge is 0.387 e. The van der Waals surface area contributed by atoms with Crippen molar-refractivity contribution in [2.24, 2.45) is 0 Å². The van der Waals surface area contributed by atoms with E-state index in [4.69, 9.17) is 5.73 Å². The third kappa shape index (κ3) is 6.94. The number of aliphatic hydroxyl groups is 1. The zero-order chi connectivity index (χ0) is 20.5. The van der Waals surface area contributed by atoms with E-state index in [1.807, 2.05) is 54.6 Å². The Hall–Kier alpha value is -2.81. The van der Waals surface area contributed by atoms with Crippen LogP contribution in [-0.2, 0) is 17.6 Å². The molecule has 2 aromatic carbocycles. The van der Waals surface area contributed by atoms with Gasteiger partial charge in [0.2, 0.25) is 5.91 Å². The summed E-state index contributed by atoms with van der Waals surface area (Å²) in [5.41, 5.74) is 8.38. The maximum Gasteiger partial charge on any atom is 0.232 e. The lowest BCUT2D eigenvalue weighted by Gasteiger charge is -2.12. The predicted octanol–water partition coefficient (Wildman–Crippen LogP) is 2.56. The molecule has 29 heavy (non-hydrogen) atoms. The Kier molecular flexibility index (Phi) is 7.69. The zero-order valence-corrected chi connectivity index (χ0v) is 16.9. The van der Waals surface area contributed by atoms with Gasteiger partial charge in [0.1, 0.15) is 0 Å². The SMILES string of the molecule is Nc1nc(CC(=O)Nc2ccc(CCCNC[C@H](O)c3ccccc3)cc2)ns1. The number of rotatable bonds is 10. The molecular weight excluding hydrogens is 386 g/mol. The number of anilines is 2. The molecule has 0 fully saturated rings.